The second-order valence-electron chi connectivity index (χ2n) is 4.06. The number of phenolic OH excluding ortho intramolecular Hbond substituents is 1. The predicted molar refractivity (Wildman–Crippen MR) is 80.7 cm³/mol. The minimum atomic E-state index is 0.201. The number of nitrogens with one attached hydrogen (secondary N) is 1. The van der Waals surface area contributed by atoms with Crippen molar-refractivity contribution >= 4 is 21.6 Å². The van der Waals surface area contributed by atoms with Gasteiger partial charge in [-0.3, -0.25) is 0 Å². The molecule has 2 aromatic carbocycles. The van der Waals surface area contributed by atoms with Crippen molar-refractivity contribution in [1.29, 1.82) is 0 Å². The van der Waals surface area contributed by atoms with Crippen LogP contribution in [0, 0.1) is 0 Å². The summed E-state index contributed by atoms with van der Waals surface area (Å²) in [6.07, 6.45) is 0. The topological polar surface area (TPSA) is 41.5 Å². The van der Waals surface area contributed by atoms with Gasteiger partial charge in [0.05, 0.1) is 6.61 Å². The standard InChI is InChI=1S/C15H16BrNO2/c1-2-19-14-8-3-5-11(15(14)18)10-17-13-7-4-6-12(16)9-13/h3-9,17-18H,2,10H2,1H3. The van der Waals surface area contributed by atoms with Crippen LogP contribution in [0.25, 0.3) is 0 Å². The Hall–Kier alpha value is -1.68. The molecule has 4 heteroatoms. The van der Waals surface area contributed by atoms with Gasteiger partial charge in [-0.2, -0.15) is 0 Å². The van der Waals surface area contributed by atoms with Crippen molar-refractivity contribution in [3.8, 4) is 11.5 Å². The zero-order chi connectivity index (χ0) is 13.7. The van der Waals surface area contributed by atoms with Crippen LogP contribution in [0.3, 0.4) is 0 Å². The molecule has 3 nitrogen and oxygen atoms in total. The van der Waals surface area contributed by atoms with Crippen LogP contribution in [-0.4, -0.2) is 11.7 Å². The second-order valence-corrected chi connectivity index (χ2v) is 4.98. The number of benzene rings is 2. The summed E-state index contributed by atoms with van der Waals surface area (Å²) < 4.78 is 6.38. The van der Waals surface area contributed by atoms with Crippen LogP contribution in [0.1, 0.15) is 12.5 Å². The van der Waals surface area contributed by atoms with Gasteiger partial charge in [-0.1, -0.05) is 34.1 Å². The lowest BCUT2D eigenvalue weighted by Gasteiger charge is -2.11. The second kappa shape index (κ2) is 6.48. The molecule has 2 aromatic rings. The summed E-state index contributed by atoms with van der Waals surface area (Å²) in [5.41, 5.74) is 1.81. The van der Waals surface area contributed by atoms with E-state index in [-0.39, 0.29) is 5.75 Å². The summed E-state index contributed by atoms with van der Waals surface area (Å²) in [6.45, 7) is 2.98. The van der Waals surface area contributed by atoms with Gasteiger partial charge in [0, 0.05) is 22.3 Å². The normalized spacial score (nSPS) is 10.2. The Kier molecular flexibility index (Phi) is 4.68. The van der Waals surface area contributed by atoms with E-state index in [9.17, 15) is 5.11 Å². The monoisotopic (exact) mass is 321 g/mol. The maximum Gasteiger partial charge on any atom is 0.162 e. The molecule has 19 heavy (non-hydrogen) atoms. The molecule has 0 aromatic heterocycles. The van der Waals surface area contributed by atoms with E-state index in [2.05, 4.69) is 21.2 Å². The van der Waals surface area contributed by atoms with Gasteiger partial charge in [0.1, 0.15) is 0 Å². The highest BCUT2D eigenvalue weighted by Gasteiger charge is 2.07. The third-order valence-corrected chi connectivity index (χ3v) is 3.18. The fourth-order valence-corrected chi connectivity index (χ4v) is 2.18. The highest BCUT2D eigenvalue weighted by molar-refractivity contribution is 9.10. The molecule has 0 heterocycles. The van der Waals surface area contributed by atoms with Gasteiger partial charge in [0.15, 0.2) is 11.5 Å². The van der Waals surface area contributed by atoms with Gasteiger partial charge >= 0.3 is 0 Å². The third-order valence-electron chi connectivity index (χ3n) is 2.69. The molecule has 100 valence electrons. The maximum absolute atomic E-state index is 10.1. The van der Waals surface area contributed by atoms with Gasteiger partial charge in [0.2, 0.25) is 0 Å². The number of para-hydroxylation sites is 1. The lowest BCUT2D eigenvalue weighted by molar-refractivity contribution is 0.317. The minimum Gasteiger partial charge on any atom is -0.504 e. The molecule has 0 saturated carbocycles. The summed E-state index contributed by atoms with van der Waals surface area (Å²) in [6, 6.07) is 13.4. The van der Waals surface area contributed by atoms with E-state index in [1.165, 1.54) is 0 Å². The van der Waals surface area contributed by atoms with Crippen LogP contribution in [0.2, 0.25) is 0 Å². The van der Waals surface area contributed by atoms with Crippen molar-refractivity contribution in [2.75, 3.05) is 11.9 Å². The van der Waals surface area contributed by atoms with Crippen LogP contribution < -0.4 is 10.1 Å². The van der Waals surface area contributed by atoms with Crippen LogP contribution in [0.15, 0.2) is 46.9 Å². The van der Waals surface area contributed by atoms with Gasteiger partial charge in [-0.05, 0) is 31.2 Å². The molecule has 0 radical (unpaired) electrons. The lowest BCUT2D eigenvalue weighted by Crippen LogP contribution is -2.01. The third kappa shape index (κ3) is 3.64. The number of rotatable bonds is 5. The van der Waals surface area contributed by atoms with Crippen molar-refractivity contribution in [2.45, 2.75) is 13.5 Å². The average molecular weight is 322 g/mol. The summed E-state index contributed by atoms with van der Waals surface area (Å²) in [5, 5.41) is 13.3. The molecule has 0 amide bonds. The van der Waals surface area contributed by atoms with Crippen molar-refractivity contribution in [2.24, 2.45) is 0 Å². The van der Waals surface area contributed by atoms with Gasteiger partial charge in [0.25, 0.3) is 0 Å². The van der Waals surface area contributed by atoms with Gasteiger partial charge < -0.3 is 15.2 Å². The number of anilines is 1. The molecule has 0 aliphatic rings. The van der Waals surface area contributed by atoms with E-state index < -0.39 is 0 Å². The Balaban J connectivity index is 2.09. The Morgan fingerprint density at radius 1 is 1.21 bits per heavy atom. The van der Waals surface area contributed by atoms with E-state index in [1.54, 1.807) is 6.07 Å². The van der Waals surface area contributed by atoms with Crippen molar-refractivity contribution in [3.05, 3.63) is 52.5 Å². The molecule has 0 aliphatic heterocycles. The molecule has 0 bridgehead atoms. The lowest BCUT2D eigenvalue weighted by atomic mass is 10.2. The number of hydrogen-bond acceptors (Lipinski definition) is 3. The van der Waals surface area contributed by atoms with Crippen LogP contribution in [-0.2, 0) is 6.54 Å². The molecule has 0 fully saturated rings. The van der Waals surface area contributed by atoms with Crippen LogP contribution >= 0.6 is 15.9 Å². The number of hydrogen-bond donors (Lipinski definition) is 2. The molecule has 0 unspecified atom stereocenters. The molecule has 0 atom stereocenters. The Labute approximate surface area is 121 Å². The van der Waals surface area contributed by atoms with Gasteiger partial charge in [-0.25, -0.2) is 0 Å². The summed E-state index contributed by atoms with van der Waals surface area (Å²) >= 11 is 3.43. The molecule has 0 saturated heterocycles. The predicted octanol–water partition coefficient (Wildman–Crippen LogP) is 4.17. The average Bonchev–Trinajstić information content (AvgIpc) is 2.40. The number of phenols is 1. The smallest absolute Gasteiger partial charge is 0.162 e. The Morgan fingerprint density at radius 3 is 2.74 bits per heavy atom. The van der Waals surface area contributed by atoms with Crippen molar-refractivity contribution in [3.63, 3.8) is 0 Å². The van der Waals surface area contributed by atoms with Crippen molar-refractivity contribution in [1.82, 2.24) is 0 Å². The molecular formula is C15H16BrNO2. The first kappa shape index (κ1) is 13.7. The van der Waals surface area contributed by atoms with Gasteiger partial charge in [-0.15, -0.1) is 0 Å². The molecule has 0 aliphatic carbocycles. The first-order valence-electron chi connectivity index (χ1n) is 6.13. The molecule has 2 rings (SSSR count). The van der Waals surface area contributed by atoms with E-state index in [0.717, 1.165) is 15.7 Å². The van der Waals surface area contributed by atoms with Crippen molar-refractivity contribution < 1.29 is 9.84 Å². The fourth-order valence-electron chi connectivity index (χ4n) is 1.78. The fraction of sp³-hybridized carbons (Fsp3) is 0.200. The maximum atomic E-state index is 10.1. The minimum absolute atomic E-state index is 0.201. The van der Waals surface area contributed by atoms with E-state index in [4.69, 9.17) is 4.74 Å². The van der Waals surface area contributed by atoms with Crippen LogP contribution in [0.4, 0.5) is 5.69 Å². The van der Waals surface area contributed by atoms with E-state index in [0.29, 0.717) is 18.9 Å². The van der Waals surface area contributed by atoms with Crippen LogP contribution in [0.5, 0.6) is 11.5 Å². The Bertz CT molecular complexity index is 558. The number of ether oxygens (including phenoxy) is 1. The molecule has 0 spiro atoms. The summed E-state index contributed by atoms with van der Waals surface area (Å²) in [5.74, 6) is 0.725. The first-order chi connectivity index (χ1) is 9.20. The molecule has 2 N–H and O–H groups in total. The summed E-state index contributed by atoms with van der Waals surface area (Å²) in [7, 11) is 0. The number of aromatic hydroxyl groups is 1. The highest BCUT2D eigenvalue weighted by Crippen LogP contribution is 2.30. The zero-order valence-corrected chi connectivity index (χ0v) is 12.3. The number of halogens is 1. The first-order valence-corrected chi connectivity index (χ1v) is 6.93. The Morgan fingerprint density at radius 2 is 2.00 bits per heavy atom. The SMILES string of the molecule is CCOc1cccc(CNc2cccc(Br)c2)c1O. The largest absolute Gasteiger partial charge is 0.504 e. The zero-order valence-electron chi connectivity index (χ0n) is 10.7. The quantitative estimate of drug-likeness (QED) is 0.868. The van der Waals surface area contributed by atoms with E-state index in [1.807, 2.05) is 43.3 Å². The van der Waals surface area contributed by atoms with E-state index >= 15 is 0 Å². The highest BCUT2D eigenvalue weighted by atomic mass is 79.9. The molecular weight excluding hydrogens is 306 g/mol. The summed E-state index contributed by atoms with van der Waals surface area (Å²) in [4.78, 5) is 0.